The van der Waals surface area contributed by atoms with Crippen molar-refractivity contribution in [1.82, 2.24) is 5.32 Å². The molecule has 34 heavy (non-hydrogen) atoms. The van der Waals surface area contributed by atoms with Gasteiger partial charge in [-0.15, -0.1) is 17.9 Å². The third kappa shape index (κ3) is 5.39. The fraction of sp³-hybridized carbons (Fsp3) is 0.286. The number of hydrogen-bond acceptors (Lipinski definition) is 5. The van der Waals surface area contributed by atoms with Crippen LogP contribution in [0, 0.1) is 0 Å². The molecule has 3 aromatic rings. The first-order valence-electron chi connectivity index (χ1n) is 11.7. The summed E-state index contributed by atoms with van der Waals surface area (Å²) in [6, 6.07) is 13.6. The van der Waals surface area contributed by atoms with E-state index in [9.17, 15) is 9.90 Å². The number of fused-ring (bicyclic) bond motifs is 1. The second kappa shape index (κ2) is 11.2. The molecule has 0 aliphatic heterocycles. The molecule has 4 rings (SSSR count). The van der Waals surface area contributed by atoms with E-state index in [-0.39, 0.29) is 11.7 Å². The molecular weight excluding hydrogens is 444 g/mol. The second-order valence-corrected chi connectivity index (χ2v) is 9.35. The monoisotopic (exact) mass is 474 g/mol. The minimum Gasteiger partial charge on any atom is -0.504 e. The van der Waals surface area contributed by atoms with Crippen molar-refractivity contribution < 1.29 is 14.6 Å². The quantitative estimate of drug-likeness (QED) is 0.289. The van der Waals surface area contributed by atoms with E-state index >= 15 is 0 Å². The summed E-state index contributed by atoms with van der Waals surface area (Å²) >= 11 is 1.61. The number of thiophene rings is 1. The lowest BCUT2D eigenvalue weighted by molar-refractivity contribution is 0.0951. The molecule has 0 spiro atoms. The Balaban J connectivity index is 1.65. The predicted octanol–water partition coefficient (Wildman–Crippen LogP) is 6.14. The lowest BCUT2D eigenvalue weighted by atomic mass is 9.95. The van der Waals surface area contributed by atoms with E-state index in [2.05, 4.69) is 11.9 Å². The molecule has 1 amide bonds. The van der Waals surface area contributed by atoms with Gasteiger partial charge in [-0.05, 0) is 67.9 Å². The zero-order valence-electron chi connectivity index (χ0n) is 19.5. The highest BCUT2D eigenvalue weighted by atomic mass is 32.1. The molecule has 1 aromatic heterocycles. The molecule has 1 aliphatic rings. The highest BCUT2D eigenvalue weighted by Gasteiger charge is 2.25. The number of carbonyl (C=O) groups is 1. The lowest BCUT2D eigenvalue weighted by Gasteiger charge is -2.13. The molecule has 0 saturated heterocycles. The van der Waals surface area contributed by atoms with E-state index in [4.69, 9.17) is 9.73 Å². The van der Waals surface area contributed by atoms with Gasteiger partial charge in [0.2, 0.25) is 0 Å². The number of benzene rings is 2. The first kappa shape index (κ1) is 23.8. The summed E-state index contributed by atoms with van der Waals surface area (Å²) in [6.07, 6.45) is 8.15. The first-order valence-corrected chi connectivity index (χ1v) is 12.5. The van der Waals surface area contributed by atoms with E-state index in [1.54, 1.807) is 29.7 Å². The minimum absolute atomic E-state index is 0.0801. The predicted molar refractivity (Wildman–Crippen MR) is 139 cm³/mol. The number of phenols is 1. The van der Waals surface area contributed by atoms with Crippen LogP contribution in [0.1, 0.15) is 57.3 Å². The number of rotatable bonds is 9. The molecule has 0 unspecified atom stereocenters. The number of ether oxygens (including phenoxy) is 1. The van der Waals surface area contributed by atoms with Crippen LogP contribution in [0.25, 0.3) is 0 Å². The molecule has 0 saturated carbocycles. The molecule has 2 aromatic carbocycles. The number of aliphatic imine (C=N–C) groups is 1. The number of aromatic hydroxyl groups is 1. The van der Waals surface area contributed by atoms with Gasteiger partial charge in [0.05, 0.1) is 12.2 Å². The van der Waals surface area contributed by atoms with Gasteiger partial charge in [0.15, 0.2) is 11.5 Å². The molecule has 0 fully saturated rings. The van der Waals surface area contributed by atoms with Gasteiger partial charge in [0.1, 0.15) is 5.00 Å². The molecule has 176 valence electrons. The van der Waals surface area contributed by atoms with Crippen molar-refractivity contribution in [3.63, 3.8) is 0 Å². The van der Waals surface area contributed by atoms with Crippen molar-refractivity contribution in [2.45, 2.75) is 45.6 Å². The fourth-order valence-electron chi connectivity index (χ4n) is 4.22. The number of nitrogens with zero attached hydrogens (tertiary/aromatic N) is 1. The zero-order chi connectivity index (χ0) is 23.9. The van der Waals surface area contributed by atoms with E-state index in [1.807, 2.05) is 43.3 Å². The van der Waals surface area contributed by atoms with E-state index in [0.717, 1.165) is 52.9 Å². The zero-order valence-corrected chi connectivity index (χ0v) is 20.3. The van der Waals surface area contributed by atoms with Crippen LogP contribution in [0.15, 0.2) is 60.1 Å². The Morgan fingerprint density at radius 3 is 2.79 bits per heavy atom. The Morgan fingerprint density at radius 1 is 1.24 bits per heavy atom. The van der Waals surface area contributed by atoms with Crippen LogP contribution in [0.2, 0.25) is 0 Å². The maximum absolute atomic E-state index is 13.3. The number of hydrogen-bond donors (Lipinski definition) is 2. The molecule has 6 heteroatoms. The average molecular weight is 475 g/mol. The number of phenolic OH excluding ortho intramolecular Hbond substituents is 1. The molecule has 5 nitrogen and oxygen atoms in total. The first-order chi connectivity index (χ1) is 16.6. The Bertz CT molecular complexity index is 1200. The number of allylic oxidation sites excluding steroid dienone is 1. The summed E-state index contributed by atoms with van der Waals surface area (Å²) < 4.78 is 5.61. The van der Waals surface area contributed by atoms with Crippen LogP contribution in [-0.4, -0.2) is 23.8 Å². The molecule has 0 bridgehead atoms. The Kier molecular flexibility index (Phi) is 7.80. The van der Waals surface area contributed by atoms with E-state index in [0.29, 0.717) is 30.9 Å². The standard InChI is InChI=1S/C28H30N2O3S/c1-3-10-21-15-20(16-23(26(21)31)33-4-2)18-30-28-25(22-13-8-9-14-24(22)34-28)27(32)29-17-19-11-6-5-7-12-19/h3,5-7,11-12,15-16,18,31H,1,4,8-10,13-14,17H2,2H3,(H,29,32). The number of carbonyl (C=O) groups excluding carboxylic acids is 1. The smallest absolute Gasteiger partial charge is 0.254 e. The summed E-state index contributed by atoms with van der Waals surface area (Å²) in [5, 5.41) is 14.3. The number of aryl methyl sites for hydroxylation is 1. The Hall–Kier alpha value is -3.38. The summed E-state index contributed by atoms with van der Waals surface area (Å²) in [7, 11) is 0. The van der Waals surface area contributed by atoms with Gasteiger partial charge in [-0.25, -0.2) is 4.99 Å². The van der Waals surface area contributed by atoms with Crippen molar-refractivity contribution in [1.29, 1.82) is 0 Å². The SMILES string of the molecule is C=CCc1cc(C=Nc2sc3c(c2C(=O)NCc2ccccc2)CCCC3)cc(OCC)c1O. The lowest BCUT2D eigenvalue weighted by Crippen LogP contribution is -2.24. The third-order valence-electron chi connectivity index (χ3n) is 5.85. The fourth-order valence-corrected chi connectivity index (χ4v) is 5.45. The highest BCUT2D eigenvalue weighted by molar-refractivity contribution is 7.16. The Morgan fingerprint density at radius 2 is 2.03 bits per heavy atom. The van der Waals surface area contributed by atoms with Gasteiger partial charge in [-0.2, -0.15) is 0 Å². The van der Waals surface area contributed by atoms with Gasteiger partial charge in [-0.1, -0.05) is 36.4 Å². The maximum Gasteiger partial charge on any atom is 0.254 e. The largest absolute Gasteiger partial charge is 0.504 e. The van der Waals surface area contributed by atoms with Crippen molar-refractivity contribution >= 4 is 28.5 Å². The number of amides is 1. The van der Waals surface area contributed by atoms with Gasteiger partial charge in [0, 0.05) is 23.2 Å². The van der Waals surface area contributed by atoms with Gasteiger partial charge >= 0.3 is 0 Å². The average Bonchev–Trinajstić information content (AvgIpc) is 3.23. The summed E-state index contributed by atoms with van der Waals surface area (Å²) in [6.45, 7) is 6.58. The van der Waals surface area contributed by atoms with Crippen LogP contribution in [0.3, 0.4) is 0 Å². The molecule has 1 aliphatic carbocycles. The van der Waals surface area contributed by atoms with Crippen LogP contribution in [0.4, 0.5) is 5.00 Å². The van der Waals surface area contributed by atoms with Crippen LogP contribution >= 0.6 is 11.3 Å². The van der Waals surface area contributed by atoms with Gasteiger partial charge in [0.25, 0.3) is 5.91 Å². The van der Waals surface area contributed by atoms with Crippen LogP contribution in [0.5, 0.6) is 11.5 Å². The van der Waals surface area contributed by atoms with E-state index in [1.165, 1.54) is 4.88 Å². The van der Waals surface area contributed by atoms with Crippen LogP contribution in [-0.2, 0) is 25.8 Å². The molecule has 1 heterocycles. The molecular formula is C28H30N2O3S. The highest BCUT2D eigenvalue weighted by Crippen LogP contribution is 2.40. The summed E-state index contributed by atoms with van der Waals surface area (Å²) in [4.78, 5) is 19.3. The topological polar surface area (TPSA) is 70.9 Å². The molecule has 0 radical (unpaired) electrons. The maximum atomic E-state index is 13.3. The number of nitrogens with one attached hydrogen (secondary N) is 1. The van der Waals surface area contributed by atoms with E-state index < -0.39 is 0 Å². The van der Waals surface area contributed by atoms with Crippen molar-refractivity contribution in [2.24, 2.45) is 4.99 Å². The minimum atomic E-state index is -0.0801. The normalized spacial score (nSPS) is 13.0. The van der Waals surface area contributed by atoms with Crippen LogP contribution < -0.4 is 10.1 Å². The summed E-state index contributed by atoms with van der Waals surface area (Å²) in [5.41, 5.74) is 4.44. The Labute approximate surface area is 204 Å². The molecule has 2 N–H and O–H groups in total. The summed E-state index contributed by atoms with van der Waals surface area (Å²) in [5.74, 6) is 0.476. The van der Waals surface area contributed by atoms with Crippen molar-refractivity contribution in [2.75, 3.05) is 6.61 Å². The second-order valence-electron chi connectivity index (χ2n) is 8.27. The van der Waals surface area contributed by atoms with Gasteiger partial charge < -0.3 is 15.2 Å². The molecule has 0 atom stereocenters. The van der Waals surface area contributed by atoms with Gasteiger partial charge in [-0.3, -0.25) is 4.79 Å². The van der Waals surface area contributed by atoms with Crippen molar-refractivity contribution in [3.8, 4) is 11.5 Å². The third-order valence-corrected chi connectivity index (χ3v) is 7.05. The van der Waals surface area contributed by atoms with Crippen molar-refractivity contribution in [3.05, 3.63) is 87.8 Å².